The Balaban J connectivity index is 2.28. The van der Waals surface area contributed by atoms with E-state index in [9.17, 15) is 5.11 Å². The van der Waals surface area contributed by atoms with Crippen LogP contribution in [0, 0.1) is 11.8 Å². The Kier molecular flexibility index (Phi) is 4.14. The highest BCUT2D eigenvalue weighted by Gasteiger charge is 2.44. The summed E-state index contributed by atoms with van der Waals surface area (Å²) in [6, 6.07) is 0. The van der Waals surface area contributed by atoms with Gasteiger partial charge in [0.2, 0.25) is 0 Å². The van der Waals surface area contributed by atoms with Gasteiger partial charge < -0.3 is 9.84 Å². The lowest BCUT2D eigenvalue weighted by atomic mass is 9.94. The second kappa shape index (κ2) is 4.94. The Hall–Kier alpha value is -0.340. The van der Waals surface area contributed by atoms with Gasteiger partial charge in [-0.15, -0.1) is 6.58 Å². The Morgan fingerprint density at radius 3 is 2.64 bits per heavy atom. The van der Waals surface area contributed by atoms with Crippen LogP contribution in [-0.4, -0.2) is 23.4 Å². The highest BCUT2D eigenvalue weighted by Crippen LogP contribution is 2.36. The van der Waals surface area contributed by atoms with Crippen molar-refractivity contribution in [1.82, 2.24) is 0 Å². The molecule has 0 spiro atoms. The van der Waals surface area contributed by atoms with Gasteiger partial charge in [0.05, 0.1) is 18.3 Å². The summed E-state index contributed by atoms with van der Waals surface area (Å²) in [7, 11) is 0. The molecule has 82 valence electrons. The van der Waals surface area contributed by atoms with E-state index in [4.69, 9.17) is 4.74 Å². The Morgan fingerprint density at radius 1 is 1.50 bits per heavy atom. The lowest BCUT2D eigenvalue weighted by Crippen LogP contribution is -2.23. The number of aliphatic hydroxyl groups is 1. The smallest absolute Gasteiger partial charge is 0.0892 e. The first-order valence-corrected chi connectivity index (χ1v) is 5.56. The van der Waals surface area contributed by atoms with Crippen LogP contribution in [0.3, 0.4) is 0 Å². The molecule has 0 aromatic carbocycles. The van der Waals surface area contributed by atoms with E-state index in [2.05, 4.69) is 20.4 Å². The van der Waals surface area contributed by atoms with Crippen LogP contribution in [0.25, 0.3) is 0 Å². The van der Waals surface area contributed by atoms with E-state index in [1.54, 1.807) is 0 Å². The van der Waals surface area contributed by atoms with Gasteiger partial charge in [-0.3, -0.25) is 0 Å². The number of aliphatic hydroxyl groups excluding tert-OH is 1. The number of rotatable bonds is 6. The highest BCUT2D eigenvalue weighted by molar-refractivity contribution is 4.94. The molecule has 5 atom stereocenters. The first-order chi connectivity index (χ1) is 6.60. The standard InChI is InChI=1S/C12H22O2/c1-5-8(3)7-11-12(14-11)9(4)10(13)6-2/h5,8-13H,1,6-7H2,2-4H3/t8-,9-,10+,11-,12-/m1/s1. The SMILES string of the molecule is C=C[C@@H](C)C[C@H]1O[C@@H]1[C@H](C)[C@@H](O)CC. The van der Waals surface area contributed by atoms with Crippen molar-refractivity contribution in [2.75, 3.05) is 0 Å². The molecular formula is C12H22O2. The number of ether oxygens (including phenoxy) is 1. The van der Waals surface area contributed by atoms with Crippen LogP contribution in [0.2, 0.25) is 0 Å². The normalized spacial score (nSPS) is 32.0. The molecule has 1 N–H and O–H groups in total. The fourth-order valence-corrected chi connectivity index (χ4v) is 1.86. The van der Waals surface area contributed by atoms with Gasteiger partial charge in [-0.05, 0) is 18.8 Å². The minimum atomic E-state index is -0.218. The molecule has 0 bridgehead atoms. The monoisotopic (exact) mass is 198 g/mol. The first-order valence-electron chi connectivity index (χ1n) is 5.56. The zero-order valence-corrected chi connectivity index (χ0v) is 9.44. The van der Waals surface area contributed by atoms with Crippen molar-refractivity contribution >= 4 is 0 Å². The van der Waals surface area contributed by atoms with Gasteiger partial charge in [0.1, 0.15) is 0 Å². The summed E-state index contributed by atoms with van der Waals surface area (Å²) in [5.41, 5.74) is 0. The topological polar surface area (TPSA) is 32.8 Å². The van der Waals surface area contributed by atoms with Gasteiger partial charge in [-0.2, -0.15) is 0 Å². The molecule has 0 saturated carbocycles. The molecule has 1 saturated heterocycles. The highest BCUT2D eigenvalue weighted by atomic mass is 16.6. The summed E-state index contributed by atoms with van der Waals surface area (Å²) in [5.74, 6) is 0.776. The molecule has 1 heterocycles. The zero-order valence-electron chi connectivity index (χ0n) is 9.44. The zero-order chi connectivity index (χ0) is 10.7. The van der Waals surface area contributed by atoms with Gasteiger partial charge in [-0.1, -0.05) is 26.8 Å². The van der Waals surface area contributed by atoms with Crippen LogP contribution in [0.4, 0.5) is 0 Å². The predicted molar refractivity (Wildman–Crippen MR) is 58.1 cm³/mol. The molecule has 0 aliphatic carbocycles. The molecule has 0 radical (unpaired) electrons. The summed E-state index contributed by atoms with van der Waals surface area (Å²) < 4.78 is 5.57. The molecule has 0 aromatic heterocycles. The maximum absolute atomic E-state index is 9.65. The van der Waals surface area contributed by atoms with Crippen LogP contribution in [0.15, 0.2) is 12.7 Å². The number of epoxide rings is 1. The van der Waals surface area contributed by atoms with E-state index < -0.39 is 0 Å². The molecule has 0 aromatic rings. The molecule has 2 heteroatoms. The molecule has 0 amide bonds. The summed E-state index contributed by atoms with van der Waals surface area (Å²) in [4.78, 5) is 0. The van der Waals surface area contributed by atoms with Crippen LogP contribution in [0.1, 0.15) is 33.6 Å². The summed E-state index contributed by atoms with van der Waals surface area (Å²) in [5, 5.41) is 9.65. The third-order valence-corrected chi connectivity index (χ3v) is 3.17. The fraction of sp³-hybridized carbons (Fsp3) is 0.833. The molecule has 1 aliphatic rings. The summed E-state index contributed by atoms with van der Waals surface area (Å²) in [6.07, 6.45) is 4.20. The molecular weight excluding hydrogens is 176 g/mol. The van der Waals surface area contributed by atoms with Crippen LogP contribution >= 0.6 is 0 Å². The van der Waals surface area contributed by atoms with E-state index in [1.165, 1.54) is 0 Å². The average Bonchev–Trinajstić information content (AvgIpc) is 2.94. The third kappa shape index (κ3) is 2.82. The maximum Gasteiger partial charge on any atom is 0.0892 e. The van der Waals surface area contributed by atoms with Crippen LogP contribution in [-0.2, 0) is 4.74 Å². The van der Waals surface area contributed by atoms with E-state index in [1.807, 2.05) is 13.0 Å². The molecule has 14 heavy (non-hydrogen) atoms. The quantitative estimate of drug-likeness (QED) is 0.525. The Labute approximate surface area is 87.0 Å². The van der Waals surface area contributed by atoms with Crippen molar-refractivity contribution in [3.05, 3.63) is 12.7 Å². The minimum Gasteiger partial charge on any atom is -0.393 e. The van der Waals surface area contributed by atoms with Crippen LogP contribution < -0.4 is 0 Å². The van der Waals surface area contributed by atoms with Gasteiger partial charge in [0.15, 0.2) is 0 Å². The van der Waals surface area contributed by atoms with Gasteiger partial charge in [0.25, 0.3) is 0 Å². The second-order valence-corrected chi connectivity index (χ2v) is 4.42. The summed E-state index contributed by atoms with van der Waals surface area (Å²) in [6.45, 7) is 9.97. The number of hydrogen-bond acceptors (Lipinski definition) is 2. The predicted octanol–water partition coefficient (Wildman–Crippen LogP) is 2.37. The van der Waals surface area contributed by atoms with Gasteiger partial charge in [0, 0.05) is 5.92 Å². The summed E-state index contributed by atoms with van der Waals surface area (Å²) >= 11 is 0. The van der Waals surface area contributed by atoms with Crippen molar-refractivity contribution in [3.8, 4) is 0 Å². The molecule has 0 unspecified atom stereocenters. The minimum absolute atomic E-state index is 0.218. The molecule has 1 fully saturated rings. The Morgan fingerprint density at radius 2 is 2.14 bits per heavy atom. The second-order valence-electron chi connectivity index (χ2n) is 4.42. The first kappa shape index (κ1) is 11.7. The van der Waals surface area contributed by atoms with Gasteiger partial charge in [-0.25, -0.2) is 0 Å². The molecule has 2 nitrogen and oxygen atoms in total. The van der Waals surface area contributed by atoms with Crippen molar-refractivity contribution in [2.24, 2.45) is 11.8 Å². The van der Waals surface area contributed by atoms with Crippen LogP contribution in [0.5, 0.6) is 0 Å². The number of allylic oxidation sites excluding steroid dienone is 1. The fourth-order valence-electron chi connectivity index (χ4n) is 1.86. The third-order valence-electron chi connectivity index (χ3n) is 3.17. The van der Waals surface area contributed by atoms with Crippen molar-refractivity contribution in [2.45, 2.75) is 51.9 Å². The lowest BCUT2D eigenvalue weighted by Gasteiger charge is -2.14. The lowest BCUT2D eigenvalue weighted by molar-refractivity contribution is 0.0953. The molecule has 1 aliphatic heterocycles. The average molecular weight is 198 g/mol. The van der Waals surface area contributed by atoms with Crippen molar-refractivity contribution in [3.63, 3.8) is 0 Å². The Bertz CT molecular complexity index is 191. The van der Waals surface area contributed by atoms with Crippen molar-refractivity contribution in [1.29, 1.82) is 0 Å². The number of hydrogen-bond donors (Lipinski definition) is 1. The largest absolute Gasteiger partial charge is 0.393 e. The van der Waals surface area contributed by atoms with E-state index in [0.29, 0.717) is 12.0 Å². The molecule has 1 rings (SSSR count). The van der Waals surface area contributed by atoms with E-state index >= 15 is 0 Å². The van der Waals surface area contributed by atoms with Crippen molar-refractivity contribution < 1.29 is 9.84 Å². The maximum atomic E-state index is 9.65. The van der Waals surface area contributed by atoms with E-state index in [0.717, 1.165) is 12.8 Å². The van der Waals surface area contributed by atoms with Gasteiger partial charge >= 0.3 is 0 Å². The van der Waals surface area contributed by atoms with E-state index in [-0.39, 0.29) is 18.1 Å².